The van der Waals surface area contributed by atoms with Crippen molar-refractivity contribution in [3.8, 4) is 17.6 Å². The van der Waals surface area contributed by atoms with Crippen molar-refractivity contribution < 1.29 is 13.9 Å². The number of nitrogens with zero attached hydrogens (tertiary/aromatic N) is 3. The molecule has 4 rings (SSSR count). The zero-order valence-corrected chi connectivity index (χ0v) is 20.9. The second kappa shape index (κ2) is 11.5. The van der Waals surface area contributed by atoms with Gasteiger partial charge < -0.3 is 20.3 Å². The van der Waals surface area contributed by atoms with Gasteiger partial charge in [0.05, 0.1) is 21.8 Å². The summed E-state index contributed by atoms with van der Waals surface area (Å²) in [6.45, 7) is 0.642. The quantitative estimate of drug-likeness (QED) is 0.261. The topological polar surface area (TPSA) is 90.3 Å². The van der Waals surface area contributed by atoms with Crippen LogP contribution in [0.2, 0.25) is 5.02 Å². The normalized spacial score (nSPS) is 11.0. The Balaban J connectivity index is 1.61. The molecule has 186 valence electrons. The molecule has 0 aliphatic rings. The van der Waals surface area contributed by atoms with Crippen molar-refractivity contribution in [2.24, 2.45) is 0 Å². The summed E-state index contributed by atoms with van der Waals surface area (Å²) in [5.74, 6) is -0.00713. The van der Waals surface area contributed by atoms with Crippen LogP contribution in [0, 0.1) is 17.1 Å². The molecule has 0 atom stereocenters. The number of carbonyl (C=O) groups is 1. The van der Waals surface area contributed by atoms with Gasteiger partial charge in [-0.15, -0.1) is 0 Å². The maximum Gasteiger partial charge on any atom is 0.248 e. The van der Waals surface area contributed by atoms with E-state index in [4.69, 9.17) is 16.3 Å². The number of ether oxygens (including phenoxy) is 1. The number of hydrogen-bond acceptors (Lipinski definition) is 6. The van der Waals surface area contributed by atoms with Crippen LogP contribution in [0.4, 0.5) is 21.5 Å². The lowest BCUT2D eigenvalue weighted by Crippen LogP contribution is -2.12. The second-order valence-corrected chi connectivity index (χ2v) is 8.78. The third-order valence-electron chi connectivity index (χ3n) is 5.22. The molecule has 0 saturated carbocycles. The first-order chi connectivity index (χ1) is 17.8. The van der Waals surface area contributed by atoms with Crippen LogP contribution in [-0.2, 0) is 4.79 Å². The average molecular weight is 516 g/mol. The summed E-state index contributed by atoms with van der Waals surface area (Å²) in [5.41, 5.74) is 2.63. The van der Waals surface area contributed by atoms with Crippen LogP contribution in [0.15, 0.2) is 79.0 Å². The summed E-state index contributed by atoms with van der Waals surface area (Å²) in [4.78, 5) is 18.6. The van der Waals surface area contributed by atoms with Crippen LogP contribution in [-0.4, -0.2) is 36.4 Å². The van der Waals surface area contributed by atoms with E-state index in [0.717, 1.165) is 0 Å². The fraction of sp³-hybridized carbons (Fsp3) is 0.107. The molecule has 0 aliphatic carbocycles. The van der Waals surface area contributed by atoms with Crippen LogP contribution in [0.1, 0.15) is 5.56 Å². The Bertz CT molecular complexity index is 1530. The number of nitrogens with one attached hydrogen (secondary N) is 2. The Hall–Kier alpha value is -4.45. The molecule has 0 saturated heterocycles. The fourth-order valence-corrected chi connectivity index (χ4v) is 3.73. The molecule has 9 heteroatoms. The number of halogens is 2. The van der Waals surface area contributed by atoms with Crippen LogP contribution < -0.4 is 15.4 Å². The van der Waals surface area contributed by atoms with Gasteiger partial charge in [-0.05, 0) is 62.6 Å². The lowest BCUT2D eigenvalue weighted by molar-refractivity contribution is -0.111. The molecule has 0 aliphatic heterocycles. The highest BCUT2D eigenvalue weighted by Gasteiger charge is 2.13. The highest BCUT2D eigenvalue weighted by Crippen LogP contribution is 2.35. The second-order valence-electron chi connectivity index (χ2n) is 8.37. The molecule has 0 bridgehead atoms. The van der Waals surface area contributed by atoms with E-state index in [1.807, 2.05) is 19.0 Å². The molecule has 0 radical (unpaired) electrons. The average Bonchev–Trinajstić information content (AvgIpc) is 2.86. The van der Waals surface area contributed by atoms with Crippen molar-refractivity contribution in [2.75, 3.05) is 31.3 Å². The van der Waals surface area contributed by atoms with Crippen molar-refractivity contribution in [3.05, 3.63) is 95.4 Å². The number of fused-ring (bicyclic) bond motifs is 1. The van der Waals surface area contributed by atoms with Gasteiger partial charge >= 0.3 is 0 Å². The third-order valence-corrected chi connectivity index (χ3v) is 5.52. The molecule has 37 heavy (non-hydrogen) atoms. The predicted octanol–water partition coefficient (Wildman–Crippen LogP) is 6.49. The van der Waals surface area contributed by atoms with Gasteiger partial charge in [0.15, 0.2) is 0 Å². The van der Waals surface area contributed by atoms with Crippen molar-refractivity contribution >= 4 is 45.5 Å². The number of anilines is 3. The Kier molecular flexibility index (Phi) is 7.98. The zero-order chi connectivity index (χ0) is 26.4. The van der Waals surface area contributed by atoms with Crippen molar-refractivity contribution in [1.82, 2.24) is 9.88 Å². The van der Waals surface area contributed by atoms with Gasteiger partial charge in [-0.3, -0.25) is 9.78 Å². The summed E-state index contributed by atoms with van der Waals surface area (Å²) in [6.07, 6.45) is 4.73. The van der Waals surface area contributed by atoms with E-state index < -0.39 is 5.82 Å². The van der Waals surface area contributed by atoms with Gasteiger partial charge in [-0.1, -0.05) is 23.7 Å². The van der Waals surface area contributed by atoms with Gasteiger partial charge in [0.25, 0.3) is 0 Å². The smallest absolute Gasteiger partial charge is 0.248 e. The number of carbonyl (C=O) groups excluding carboxylic acids is 1. The Morgan fingerprint density at radius 1 is 1.16 bits per heavy atom. The first kappa shape index (κ1) is 25.6. The maximum atomic E-state index is 13.5. The molecular formula is C28H23ClFN5O2. The molecule has 0 fully saturated rings. The van der Waals surface area contributed by atoms with E-state index >= 15 is 0 Å². The Morgan fingerprint density at radius 3 is 2.70 bits per heavy atom. The van der Waals surface area contributed by atoms with Crippen LogP contribution in [0.5, 0.6) is 11.5 Å². The van der Waals surface area contributed by atoms with E-state index in [0.29, 0.717) is 56.6 Å². The number of benzene rings is 3. The van der Waals surface area contributed by atoms with E-state index in [1.54, 1.807) is 54.6 Å². The standard InChI is InChI=1S/C28H23ClFN5O2/c1-35(2)12-4-7-27(36)33-20-8-10-25-23(14-20)28(18(16-31)17-32-25)34-21-9-11-26(24(29)15-21)37-22-6-3-5-19(30)13-22/h3-11,13-15,17H,12H2,1-2H3,(H,32,34)(H,33,36). The number of aromatic nitrogens is 1. The molecule has 0 spiro atoms. The largest absolute Gasteiger partial charge is 0.456 e. The van der Waals surface area contributed by atoms with E-state index in [2.05, 4.69) is 21.7 Å². The van der Waals surface area contributed by atoms with Gasteiger partial charge in [0.1, 0.15) is 23.4 Å². The number of nitriles is 1. The molecule has 1 heterocycles. The van der Waals surface area contributed by atoms with Gasteiger partial charge in [0, 0.05) is 41.6 Å². The van der Waals surface area contributed by atoms with Crippen LogP contribution in [0.25, 0.3) is 10.9 Å². The molecular weight excluding hydrogens is 493 g/mol. The monoisotopic (exact) mass is 515 g/mol. The summed E-state index contributed by atoms with van der Waals surface area (Å²) >= 11 is 6.43. The predicted molar refractivity (Wildman–Crippen MR) is 144 cm³/mol. The van der Waals surface area contributed by atoms with Gasteiger partial charge in [0.2, 0.25) is 5.91 Å². The fourth-order valence-electron chi connectivity index (χ4n) is 3.51. The number of amides is 1. The van der Waals surface area contributed by atoms with Crippen LogP contribution in [0.3, 0.4) is 0 Å². The Labute approximate surface area is 218 Å². The molecule has 3 aromatic carbocycles. The molecule has 2 N–H and O–H groups in total. The summed E-state index contributed by atoms with van der Waals surface area (Å²) < 4.78 is 19.2. The van der Waals surface area contributed by atoms with Crippen molar-refractivity contribution in [2.45, 2.75) is 0 Å². The zero-order valence-electron chi connectivity index (χ0n) is 20.1. The molecule has 7 nitrogen and oxygen atoms in total. The number of pyridine rings is 1. The lowest BCUT2D eigenvalue weighted by Gasteiger charge is -2.14. The summed E-state index contributed by atoms with van der Waals surface area (Å²) in [7, 11) is 3.83. The molecule has 0 unspecified atom stereocenters. The maximum absolute atomic E-state index is 13.5. The minimum atomic E-state index is -0.416. The number of likely N-dealkylation sites (N-methyl/N-ethyl adjacent to an activating group) is 1. The summed E-state index contributed by atoms with van der Waals surface area (Å²) in [5, 5.41) is 16.7. The van der Waals surface area contributed by atoms with Crippen molar-refractivity contribution in [1.29, 1.82) is 5.26 Å². The van der Waals surface area contributed by atoms with E-state index in [-0.39, 0.29) is 5.91 Å². The number of rotatable bonds is 8. The highest BCUT2D eigenvalue weighted by molar-refractivity contribution is 6.32. The molecule has 4 aromatic rings. The van der Waals surface area contributed by atoms with Crippen LogP contribution >= 0.6 is 11.6 Å². The first-order valence-corrected chi connectivity index (χ1v) is 11.7. The minimum Gasteiger partial charge on any atom is -0.456 e. The lowest BCUT2D eigenvalue weighted by atomic mass is 10.1. The number of hydrogen-bond donors (Lipinski definition) is 2. The van der Waals surface area contributed by atoms with E-state index in [9.17, 15) is 14.4 Å². The molecule has 1 amide bonds. The SMILES string of the molecule is CN(C)CC=CC(=O)Nc1ccc2ncc(C#N)c(Nc3ccc(Oc4cccc(F)c4)c(Cl)c3)c2c1. The molecule has 1 aromatic heterocycles. The first-order valence-electron chi connectivity index (χ1n) is 11.3. The van der Waals surface area contributed by atoms with Gasteiger partial charge in [-0.2, -0.15) is 5.26 Å². The summed E-state index contributed by atoms with van der Waals surface area (Å²) in [6, 6.07) is 18.2. The third kappa shape index (κ3) is 6.61. The minimum absolute atomic E-state index is 0.263. The Morgan fingerprint density at radius 2 is 1.97 bits per heavy atom. The van der Waals surface area contributed by atoms with Gasteiger partial charge in [-0.25, -0.2) is 4.39 Å². The van der Waals surface area contributed by atoms with Crippen molar-refractivity contribution in [3.63, 3.8) is 0 Å². The highest BCUT2D eigenvalue weighted by atomic mass is 35.5. The van der Waals surface area contributed by atoms with E-state index in [1.165, 1.54) is 24.4 Å².